The average molecular weight is 290 g/mol. The molecule has 3 heterocycles. The van der Waals surface area contributed by atoms with E-state index in [0.29, 0.717) is 0 Å². The maximum absolute atomic E-state index is 2.52. The number of hydrogen-bond donors (Lipinski definition) is 0. The van der Waals surface area contributed by atoms with Gasteiger partial charge in [0.1, 0.15) is 5.82 Å². The molecule has 0 atom stereocenters. The number of aryl methyl sites for hydroxylation is 1. The number of fused-ring (bicyclic) bond motifs is 1. The fourth-order valence-electron chi connectivity index (χ4n) is 3.40. The van der Waals surface area contributed by atoms with Crippen LogP contribution in [0.25, 0.3) is 16.6 Å². The number of piperidine rings is 1. The summed E-state index contributed by atoms with van der Waals surface area (Å²) in [7, 11) is 0. The molecule has 0 N–H and O–H groups in total. The highest BCUT2D eigenvalue weighted by Crippen LogP contribution is 2.28. The second kappa shape index (κ2) is 5.53. The maximum atomic E-state index is 2.52. The molecule has 1 aliphatic heterocycles. The third-order valence-corrected chi connectivity index (χ3v) is 4.67. The number of anilines is 1. The van der Waals surface area contributed by atoms with Crippen LogP contribution in [0.2, 0.25) is 0 Å². The van der Waals surface area contributed by atoms with E-state index in [1.807, 2.05) is 0 Å². The van der Waals surface area contributed by atoms with Gasteiger partial charge in [0.05, 0.1) is 0 Å². The monoisotopic (exact) mass is 290 g/mol. The first-order valence-electron chi connectivity index (χ1n) is 8.24. The number of nitrogens with zero attached hydrogens (tertiary/aromatic N) is 2. The molecular formula is C20H22N2. The lowest BCUT2D eigenvalue weighted by Gasteiger charge is -2.29. The largest absolute Gasteiger partial charge is 0.358 e. The van der Waals surface area contributed by atoms with Crippen molar-refractivity contribution in [3.8, 4) is 11.1 Å². The van der Waals surface area contributed by atoms with Crippen molar-refractivity contribution in [2.75, 3.05) is 18.0 Å². The van der Waals surface area contributed by atoms with Crippen LogP contribution in [0.1, 0.15) is 24.8 Å². The molecule has 22 heavy (non-hydrogen) atoms. The van der Waals surface area contributed by atoms with Gasteiger partial charge in [-0.2, -0.15) is 0 Å². The lowest BCUT2D eigenvalue weighted by Crippen LogP contribution is -2.30. The van der Waals surface area contributed by atoms with Gasteiger partial charge in [0.25, 0.3) is 0 Å². The molecule has 0 unspecified atom stereocenters. The van der Waals surface area contributed by atoms with Gasteiger partial charge in [-0.3, -0.25) is 0 Å². The minimum absolute atomic E-state index is 1.18. The third kappa shape index (κ3) is 2.39. The van der Waals surface area contributed by atoms with Crippen molar-refractivity contribution in [3.05, 3.63) is 60.3 Å². The Labute approximate surface area is 132 Å². The molecule has 0 aliphatic carbocycles. The highest BCUT2D eigenvalue weighted by Gasteiger charge is 2.14. The first kappa shape index (κ1) is 13.4. The Morgan fingerprint density at radius 2 is 1.59 bits per heavy atom. The van der Waals surface area contributed by atoms with Crippen molar-refractivity contribution in [2.45, 2.75) is 26.2 Å². The van der Waals surface area contributed by atoms with Gasteiger partial charge < -0.3 is 9.30 Å². The average Bonchev–Trinajstić information content (AvgIpc) is 3.00. The van der Waals surface area contributed by atoms with Crippen molar-refractivity contribution >= 4 is 11.3 Å². The zero-order valence-corrected chi connectivity index (χ0v) is 13.1. The molecular weight excluding hydrogens is 268 g/mol. The zero-order chi connectivity index (χ0) is 14.9. The zero-order valence-electron chi connectivity index (χ0n) is 13.1. The molecule has 1 fully saturated rings. The Bertz CT molecular complexity index is 777. The highest BCUT2D eigenvalue weighted by molar-refractivity contribution is 5.72. The lowest BCUT2D eigenvalue weighted by molar-refractivity contribution is 0.572. The van der Waals surface area contributed by atoms with Crippen LogP contribution >= 0.6 is 0 Å². The molecule has 1 aromatic carbocycles. The van der Waals surface area contributed by atoms with Gasteiger partial charge in [0.2, 0.25) is 0 Å². The Morgan fingerprint density at radius 1 is 0.818 bits per heavy atom. The van der Waals surface area contributed by atoms with E-state index in [0.717, 1.165) is 0 Å². The number of hydrogen-bond acceptors (Lipinski definition) is 1. The van der Waals surface area contributed by atoms with E-state index in [4.69, 9.17) is 0 Å². The van der Waals surface area contributed by atoms with Crippen LogP contribution in [0.5, 0.6) is 0 Å². The SMILES string of the molecule is Cc1ccc(-c2cc3cccc(N4CCCCC4)n3c2)cc1. The number of aromatic nitrogens is 1. The minimum Gasteiger partial charge on any atom is -0.358 e. The van der Waals surface area contributed by atoms with E-state index in [2.05, 4.69) is 71.0 Å². The van der Waals surface area contributed by atoms with Crippen LogP contribution < -0.4 is 4.90 Å². The lowest BCUT2D eigenvalue weighted by atomic mass is 10.1. The molecule has 0 spiro atoms. The second-order valence-electron chi connectivity index (χ2n) is 6.32. The summed E-state index contributed by atoms with van der Waals surface area (Å²) in [6, 6.07) is 17.7. The molecule has 2 heteroatoms. The normalized spacial score (nSPS) is 15.4. The molecule has 0 radical (unpaired) electrons. The number of benzene rings is 1. The van der Waals surface area contributed by atoms with Crippen LogP contribution in [-0.4, -0.2) is 17.5 Å². The van der Waals surface area contributed by atoms with Gasteiger partial charge in [-0.25, -0.2) is 0 Å². The summed E-state index contributed by atoms with van der Waals surface area (Å²) >= 11 is 0. The first-order chi connectivity index (χ1) is 10.8. The minimum atomic E-state index is 1.18. The summed E-state index contributed by atoms with van der Waals surface area (Å²) in [5, 5.41) is 0. The number of rotatable bonds is 2. The van der Waals surface area contributed by atoms with Crippen LogP contribution in [-0.2, 0) is 0 Å². The molecule has 2 nitrogen and oxygen atoms in total. The van der Waals surface area contributed by atoms with Gasteiger partial charge in [0, 0.05) is 30.4 Å². The van der Waals surface area contributed by atoms with Crippen molar-refractivity contribution < 1.29 is 0 Å². The van der Waals surface area contributed by atoms with Gasteiger partial charge in [-0.1, -0.05) is 35.9 Å². The van der Waals surface area contributed by atoms with E-state index < -0.39 is 0 Å². The standard InChI is InChI=1S/C20H22N2/c1-16-8-10-17(11-9-16)18-14-19-6-5-7-20(22(19)15-18)21-12-3-2-4-13-21/h5-11,14-15H,2-4,12-13H2,1H3. The molecule has 0 bridgehead atoms. The molecule has 4 rings (SSSR count). The van der Waals surface area contributed by atoms with Crippen LogP contribution in [0, 0.1) is 6.92 Å². The Kier molecular flexibility index (Phi) is 3.38. The van der Waals surface area contributed by atoms with Gasteiger partial charge >= 0.3 is 0 Å². The van der Waals surface area contributed by atoms with Crippen molar-refractivity contribution in [1.29, 1.82) is 0 Å². The summed E-state index contributed by atoms with van der Waals surface area (Å²) in [5.74, 6) is 1.33. The molecule has 2 aromatic heterocycles. The third-order valence-electron chi connectivity index (χ3n) is 4.67. The van der Waals surface area contributed by atoms with Gasteiger partial charge in [-0.05, 0) is 49.9 Å². The fraction of sp³-hybridized carbons (Fsp3) is 0.300. The predicted molar refractivity (Wildman–Crippen MR) is 93.6 cm³/mol. The Morgan fingerprint density at radius 3 is 2.36 bits per heavy atom. The fourth-order valence-corrected chi connectivity index (χ4v) is 3.40. The van der Waals surface area contributed by atoms with E-state index in [-0.39, 0.29) is 0 Å². The van der Waals surface area contributed by atoms with Crippen molar-refractivity contribution in [3.63, 3.8) is 0 Å². The maximum Gasteiger partial charge on any atom is 0.113 e. The number of pyridine rings is 1. The summed E-state index contributed by atoms with van der Waals surface area (Å²) in [4.78, 5) is 2.52. The molecule has 1 saturated heterocycles. The van der Waals surface area contributed by atoms with E-state index in [9.17, 15) is 0 Å². The van der Waals surface area contributed by atoms with Crippen LogP contribution in [0.3, 0.4) is 0 Å². The molecule has 112 valence electrons. The predicted octanol–water partition coefficient (Wildman–Crippen LogP) is 4.91. The quantitative estimate of drug-likeness (QED) is 0.651. The van der Waals surface area contributed by atoms with Crippen LogP contribution in [0.15, 0.2) is 54.7 Å². The summed E-state index contributed by atoms with van der Waals surface area (Å²) in [6.07, 6.45) is 6.27. The topological polar surface area (TPSA) is 7.65 Å². The molecule has 0 saturated carbocycles. The molecule has 1 aliphatic rings. The Balaban J connectivity index is 1.78. The smallest absolute Gasteiger partial charge is 0.113 e. The Hall–Kier alpha value is -2.22. The van der Waals surface area contributed by atoms with E-state index in [1.165, 1.54) is 60.4 Å². The highest BCUT2D eigenvalue weighted by atomic mass is 15.2. The summed E-state index contributed by atoms with van der Waals surface area (Å²) in [5.41, 5.74) is 5.17. The van der Waals surface area contributed by atoms with Gasteiger partial charge in [0.15, 0.2) is 0 Å². The summed E-state index contributed by atoms with van der Waals surface area (Å²) in [6.45, 7) is 4.49. The van der Waals surface area contributed by atoms with E-state index >= 15 is 0 Å². The van der Waals surface area contributed by atoms with Crippen LogP contribution in [0.4, 0.5) is 5.82 Å². The first-order valence-corrected chi connectivity index (χ1v) is 8.24. The summed E-state index contributed by atoms with van der Waals surface area (Å²) < 4.78 is 2.35. The van der Waals surface area contributed by atoms with E-state index in [1.54, 1.807) is 0 Å². The molecule has 3 aromatic rings. The molecule has 0 amide bonds. The van der Waals surface area contributed by atoms with Crippen molar-refractivity contribution in [1.82, 2.24) is 4.40 Å². The van der Waals surface area contributed by atoms with Gasteiger partial charge in [-0.15, -0.1) is 0 Å². The van der Waals surface area contributed by atoms with Crippen molar-refractivity contribution in [2.24, 2.45) is 0 Å². The second-order valence-corrected chi connectivity index (χ2v) is 6.32.